The molecule has 0 aliphatic heterocycles. The molecule has 1 heterocycles. The van der Waals surface area contributed by atoms with Crippen LogP contribution >= 0.6 is 0 Å². The van der Waals surface area contributed by atoms with Crippen LogP contribution in [0.25, 0.3) is 5.69 Å². The molecule has 0 atom stereocenters. The second kappa shape index (κ2) is 6.32. The second-order valence-electron chi connectivity index (χ2n) is 6.13. The van der Waals surface area contributed by atoms with Crippen LogP contribution in [0.4, 0.5) is 0 Å². The molecule has 0 amide bonds. The van der Waals surface area contributed by atoms with Crippen LogP contribution in [0.1, 0.15) is 22.3 Å². The molecule has 0 saturated heterocycles. The molecule has 0 unspecified atom stereocenters. The summed E-state index contributed by atoms with van der Waals surface area (Å²) in [6.07, 6.45) is 3.35. The van der Waals surface area contributed by atoms with Gasteiger partial charge in [-0.15, -0.1) is 0 Å². The number of aryl methyl sites for hydroxylation is 3. The maximum absolute atomic E-state index is 12.6. The van der Waals surface area contributed by atoms with Crippen molar-refractivity contribution in [3.63, 3.8) is 0 Å². The van der Waals surface area contributed by atoms with Gasteiger partial charge in [0.25, 0.3) is 0 Å². The van der Waals surface area contributed by atoms with Crippen molar-refractivity contribution in [2.24, 2.45) is 0 Å². The molecule has 3 aromatic rings. The van der Waals surface area contributed by atoms with Gasteiger partial charge in [-0.25, -0.2) is 0 Å². The zero-order chi connectivity index (χ0) is 17.3. The average molecular weight is 320 g/mol. The van der Waals surface area contributed by atoms with Crippen LogP contribution in [0.3, 0.4) is 0 Å². The number of hydrogen-bond acceptors (Lipinski definition) is 2. The third-order valence-electron chi connectivity index (χ3n) is 4.21. The lowest BCUT2D eigenvalue weighted by atomic mass is 10.1. The van der Waals surface area contributed by atoms with Gasteiger partial charge >= 0.3 is 11.1 Å². The summed E-state index contributed by atoms with van der Waals surface area (Å²) in [5.41, 5.74) is 3.83. The summed E-state index contributed by atoms with van der Waals surface area (Å²) in [6.45, 7) is 6.28. The van der Waals surface area contributed by atoms with Crippen molar-refractivity contribution in [3.8, 4) is 5.69 Å². The van der Waals surface area contributed by atoms with Gasteiger partial charge in [0.2, 0.25) is 0 Å². The predicted octanol–water partition coefficient (Wildman–Crippen LogP) is 2.97. The zero-order valence-electron chi connectivity index (χ0n) is 14.1. The molecule has 0 radical (unpaired) electrons. The van der Waals surface area contributed by atoms with E-state index < -0.39 is 11.1 Å². The molecule has 1 aromatic heterocycles. The molecule has 4 nitrogen and oxygen atoms in total. The van der Waals surface area contributed by atoms with E-state index >= 15 is 0 Å². The van der Waals surface area contributed by atoms with Gasteiger partial charge in [-0.2, -0.15) is 0 Å². The predicted molar refractivity (Wildman–Crippen MR) is 96.1 cm³/mol. The highest BCUT2D eigenvalue weighted by molar-refractivity contribution is 5.46. The largest absolute Gasteiger partial charge is 0.321 e. The van der Waals surface area contributed by atoms with E-state index in [1.807, 2.05) is 63.2 Å². The Balaban J connectivity index is 2.05. The minimum absolute atomic E-state index is 0.391. The highest BCUT2D eigenvalue weighted by Crippen LogP contribution is 2.16. The summed E-state index contributed by atoms with van der Waals surface area (Å²) < 4.78 is 2.90. The minimum Gasteiger partial charge on any atom is -0.305 e. The Morgan fingerprint density at radius 1 is 0.792 bits per heavy atom. The number of rotatable bonds is 3. The Morgan fingerprint density at radius 2 is 1.42 bits per heavy atom. The number of nitrogens with zero attached hydrogens (tertiary/aromatic N) is 2. The highest BCUT2D eigenvalue weighted by atomic mass is 16.2. The van der Waals surface area contributed by atoms with Crippen molar-refractivity contribution in [1.82, 2.24) is 9.13 Å². The van der Waals surface area contributed by atoms with Crippen molar-refractivity contribution < 1.29 is 0 Å². The highest BCUT2D eigenvalue weighted by Gasteiger charge is 2.11. The summed E-state index contributed by atoms with van der Waals surface area (Å²) in [4.78, 5) is 25.1. The van der Waals surface area contributed by atoms with Gasteiger partial charge in [0.15, 0.2) is 0 Å². The van der Waals surface area contributed by atoms with E-state index in [1.54, 1.807) is 12.4 Å². The van der Waals surface area contributed by atoms with Gasteiger partial charge in [-0.05, 0) is 37.5 Å². The van der Waals surface area contributed by atoms with Gasteiger partial charge in [0.1, 0.15) is 0 Å². The van der Waals surface area contributed by atoms with Gasteiger partial charge in [-0.1, -0.05) is 48.0 Å². The quantitative estimate of drug-likeness (QED) is 0.696. The van der Waals surface area contributed by atoms with Crippen molar-refractivity contribution in [2.75, 3.05) is 0 Å². The monoisotopic (exact) mass is 320 g/mol. The van der Waals surface area contributed by atoms with Gasteiger partial charge < -0.3 is 4.57 Å². The molecule has 0 fully saturated rings. The lowest BCUT2D eigenvalue weighted by molar-refractivity contribution is 0.716. The Morgan fingerprint density at radius 3 is 2.04 bits per heavy atom. The fourth-order valence-electron chi connectivity index (χ4n) is 2.88. The molecule has 0 aliphatic carbocycles. The topological polar surface area (TPSA) is 44.0 Å². The molecule has 0 aliphatic rings. The smallest absolute Gasteiger partial charge is 0.305 e. The van der Waals surface area contributed by atoms with Crippen LogP contribution in [-0.2, 0) is 6.54 Å². The molecule has 0 bridgehead atoms. The first-order valence-corrected chi connectivity index (χ1v) is 7.91. The van der Waals surface area contributed by atoms with Gasteiger partial charge in [-0.3, -0.25) is 14.2 Å². The molecule has 122 valence electrons. The van der Waals surface area contributed by atoms with E-state index in [0.29, 0.717) is 6.54 Å². The van der Waals surface area contributed by atoms with Crippen molar-refractivity contribution >= 4 is 0 Å². The summed E-state index contributed by atoms with van der Waals surface area (Å²) in [6, 6.07) is 13.8. The third kappa shape index (κ3) is 2.95. The van der Waals surface area contributed by atoms with E-state index in [9.17, 15) is 9.59 Å². The van der Waals surface area contributed by atoms with E-state index in [0.717, 1.165) is 27.9 Å². The lowest BCUT2D eigenvalue weighted by Gasteiger charge is -2.13. The van der Waals surface area contributed by atoms with Crippen LogP contribution in [0.5, 0.6) is 0 Å². The first kappa shape index (κ1) is 16.0. The summed E-state index contributed by atoms with van der Waals surface area (Å²) >= 11 is 0. The Labute approximate surface area is 140 Å². The van der Waals surface area contributed by atoms with Crippen molar-refractivity contribution in [1.29, 1.82) is 0 Å². The van der Waals surface area contributed by atoms with Gasteiger partial charge in [0, 0.05) is 12.4 Å². The maximum Gasteiger partial charge on any atom is 0.321 e. The second-order valence-corrected chi connectivity index (χ2v) is 6.13. The molecular formula is C20H20N2O2. The van der Waals surface area contributed by atoms with Crippen LogP contribution in [0, 0.1) is 20.8 Å². The van der Waals surface area contributed by atoms with Gasteiger partial charge in [0.05, 0.1) is 12.2 Å². The Hall–Kier alpha value is -2.88. The number of para-hydroxylation sites is 1. The number of benzene rings is 2. The normalized spacial score (nSPS) is 10.8. The van der Waals surface area contributed by atoms with Crippen LogP contribution in [-0.4, -0.2) is 9.13 Å². The van der Waals surface area contributed by atoms with E-state index in [1.165, 1.54) is 9.13 Å². The van der Waals surface area contributed by atoms with E-state index in [2.05, 4.69) is 0 Å². The third-order valence-corrected chi connectivity index (χ3v) is 4.21. The molecular weight excluding hydrogens is 300 g/mol. The molecule has 0 N–H and O–H groups in total. The maximum atomic E-state index is 12.6. The fourth-order valence-corrected chi connectivity index (χ4v) is 2.88. The lowest BCUT2D eigenvalue weighted by Crippen LogP contribution is -2.40. The first-order valence-electron chi connectivity index (χ1n) is 7.91. The number of hydrogen-bond donors (Lipinski definition) is 0. The van der Waals surface area contributed by atoms with Crippen LogP contribution < -0.4 is 11.1 Å². The van der Waals surface area contributed by atoms with E-state index in [4.69, 9.17) is 0 Å². The first-order chi connectivity index (χ1) is 11.5. The summed E-state index contributed by atoms with van der Waals surface area (Å²) in [5.74, 6) is 0. The Bertz CT molecular complexity index is 975. The van der Waals surface area contributed by atoms with Crippen LogP contribution in [0.15, 0.2) is 64.4 Å². The van der Waals surface area contributed by atoms with Crippen molar-refractivity contribution in [2.45, 2.75) is 27.3 Å². The molecule has 4 heteroatoms. The minimum atomic E-state index is -0.526. The molecule has 24 heavy (non-hydrogen) atoms. The summed E-state index contributed by atoms with van der Waals surface area (Å²) in [7, 11) is 0. The average Bonchev–Trinajstić information content (AvgIpc) is 2.55. The molecule has 0 saturated carbocycles. The zero-order valence-corrected chi connectivity index (χ0v) is 14.1. The number of aromatic nitrogens is 2. The van der Waals surface area contributed by atoms with Crippen LogP contribution in [0.2, 0.25) is 0 Å². The molecule has 3 rings (SSSR count). The fraction of sp³-hybridized carbons (Fsp3) is 0.200. The van der Waals surface area contributed by atoms with Crippen molar-refractivity contribution in [3.05, 3.63) is 97.8 Å². The molecule has 0 spiro atoms. The summed E-state index contributed by atoms with van der Waals surface area (Å²) in [5, 5.41) is 0. The Kier molecular flexibility index (Phi) is 4.21. The molecule has 2 aromatic carbocycles. The van der Waals surface area contributed by atoms with E-state index in [-0.39, 0.29) is 0 Å². The standard InChI is InChI=1S/C20H20N2O2/c1-14-7-9-17(10-8-14)13-21-11-12-22(20(24)19(21)23)18-15(2)5-4-6-16(18)3/h4-12H,13H2,1-3H3. The SMILES string of the molecule is Cc1ccc(Cn2ccn(-c3c(C)cccc3C)c(=O)c2=O)cc1.